The van der Waals surface area contributed by atoms with Crippen molar-refractivity contribution in [2.45, 2.75) is 26.8 Å². The van der Waals surface area contributed by atoms with Crippen molar-refractivity contribution in [2.24, 2.45) is 11.7 Å². The molecule has 1 unspecified atom stereocenters. The molecule has 0 radical (unpaired) electrons. The molecule has 0 aliphatic heterocycles. The Morgan fingerprint density at radius 2 is 1.82 bits per heavy atom. The summed E-state index contributed by atoms with van der Waals surface area (Å²) >= 11 is 0. The first-order valence-corrected chi connectivity index (χ1v) is 5.83. The topological polar surface area (TPSA) is 67.6 Å². The minimum atomic E-state index is -0.0956. The molecule has 0 aliphatic carbocycles. The zero-order chi connectivity index (χ0) is 12.4. The number of aromatic amines is 1. The van der Waals surface area contributed by atoms with Crippen LogP contribution in [0.5, 0.6) is 0 Å². The third-order valence-corrected chi connectivity index (χ3v) is 2.85. The Hall–Kier alpha value is -1.68. The molecule has 2 rings (SSSR count). The molecule has 0 amide bonds. The van der Waals surface area contributed by atoms with Crippen molar-refractivity contribution < 1.29 is 0 Å². The molecule has 2 aromatic rings. The fourth-order valence-electron chi connectivity index (χ4n) is 1.57. The number of nitrogens with one attached hydrogen (secondary N) is 1. The SMILES string of the molecule is Cc1ccc(-c2n[nH]c(C(N)C(C)C)n2)cc1. The minimum Gasteiger partial charge on any atom is -0.321 e. The average molecular weight is 230 g/mol. The number of hydrogen-bond acceptors (Lipinski definition) is 3. The van der Waals surface area contributed by atoms with Gasteiger partial charge < -0.3 is 5.73 Å². The maximum Gasteiger partial charge on any atom is 0.181 e. The number of H-pyrrole nitrogens is 1. The number of aryl methyl sites for hydroxylation is 1. The first kappa shape index (κ1) is 11.8. The number of benzene rings is 1. The van der Waals surface area contributed by atoms with E-state index in [0.717, 1.165) is 11.4 Å². The summed E-state index contributed by atoms with van der Waals surface area (Å²) < 4.78 is 0. The van der Waals surface area contributed by atoms with Crippen LogP contribution in [0.4, 0.5) is 0 Å². The van der Waals surface area contributed by atoms with E-state index in [-0.39, 0.29) is 6.04 Å². The van der Waals surface area contributed by atoms with Gasteiger partial charge >= 0.3 is 0 Å². The maximum absolute atomic E-state index is 6.02. The van der Waals surface area contributed by atoms with Crippen LogP contribution in [-0.4, -0.2) is 15.2 Å². The lowest BCUT2D eigenvalue weighted by Crippen LogP contribution is -2.18. The zero-order valence-corrected chi connectivity index (χ0v) is 10.4. The van der Waals surface area contributed by atoms with Gasteiger partial charge in [-0.25, -0.2) is 4.98 Å². The second kappa shape index (κ2) is 4.67. The highest BCUT2D eigenvalue weighted by molar-refractivity contribution is 5.54. The molecular formula is C13H18N4. The normalized spacial score (nSPS) is 13.0. The summed E-state index contributed by atoms with van der Waals surface area (Å²) in [5, 5.41) is 7.12. The summed E-state index contributed by atoms with van der Waals surface area (Å²) in [5.74, 6) is 1.79. The van der Waals surface area contributed by atoms with Crippen LogP contribution in [0.1, 0.15) is 31.3 Å². The number of rotatable bonds is 3. The number of hydrogen-bond donors (Lipinski definition) is 2. The van der Waals surface area contributed by atoms with Crippen molar-refractivity contribution in [1.82, 2.24) is 15.2 Å². The molecule has 0 fully saturated rings. The molecule has 1 atom stereocenters. The van der Waals surface area contributed by atoms with Crippen molar-refractivity contribution >= 4 is 0 Å². The predicted molar refractivity (Wildman–Crippen MR) is 68.3 cm³/mol. The Morgan fingerprint density at radius 1 is 1.18 bits per heavy atom. The molecule has 0 saturated heterocycles. The minimum absolute atomic E-state index is 0.0956. The van der Waals surface area contributed by atoms with E-state index in [0.29, 0.717) is 11.7 Å². The average Bonchev–Trinajstić information content (AvgIpc) is 2.78. The smallest absolute Gasteiger partial charge is 0.181 e. The lowest BCUT2D eigenvalue weighted by molar-refractivity contribution is 0.492. The van der Waals surface area contributed by atoms with Crippen LogP contribution >= 0.6 is 0 Å². The van der Waals surface area contributed by atoms with Gasteiger partial charge in [0.25, 0.3) is 0 Å². The lowest BCUT2D eigenvalue weighted by atomic mass is 10.1. The van der Waals surface area contributed by atoms with Crippen LogP contribution < -0.4 is 5.73 Å². The Bertz CT molecular complexity index is 484. The van der Waals surface area contributed by atoms with E-state index in [9.17, 15) is 0 Å². The second-order valence-electron chi connectivity index (χ2n) is 4.68. The number of nitrogens with two attached hydrogens (primary N) is 1. The Balaban J connectivity index is 2.26. The lowest BCUT2D eigenvalue weighted by Gasteiger charge is -2.11. The largest absolute Gasteiger partial charge is 0.321 e. The zero-order valence-electron chi connectivity index (χ0n) is 10.4. The molecule has 4 heteroatoms. The molecule has 1 aromatic heterocycles. The van der Waals surface area contributed by atoms with Crippen molar-refractivity contribution in [3.05, 3.63) is 35.7 Å². The number of nitrogens with zero attached hydrogens (tertiary/aromatic N) is 2. The van der Waals surface area contributed by atoms with E-state index in [1.807, 2.05) is 24.3 Å². The number of aromatic nitrogens is 3. The van der Waals surface area contributed by atoms with Crippen LogP contribution in [0.3, 0.4) is 0 Å². The van der Waals surface area contributed by atoms with E-state index in [4.69, 9.17) is 5.73 Å². The van der Waals surface area contributed by atoms with Crippen LogP contribution in [0, 0.1) is 12.8 Å². The van der Waals surface area contributed by atoms with E-state index in [1.165, 1.54) is 5.56 Å². The third kappa shape index (κ3) is 2.53. The van der Waals surface area contributed by atoms with Gasteiger partial charge in [-0.1, -0.05) is 43.7 Å². The molecule has 0 spiro atoms. The highest BCUT2D eigenvalue weighted by Crippen LogP contribution is 2.19. The second-order valence-corrected chi connectivity index (χ2v) is 4.68. The van der Waals surface area contributed by atoms with Crippen LogP contribution in [0.25, 0.3) is 11.4 Å². The molecule has 3 N–H and O–H groups in total. The summed E-state index contributed by atoms with van der Waals surface area (Å²) in [5.41, 5.74) is 8.25. The summed E-state index contributed by atoms with van der Waals surface area (Å²) in [6, 6.07) is 8.04. The van der Waals surface area contributed by atoms with Crippen molar-refractivity contribution in [2.75, 3.05) is 0 Å². The Kier molecular flexibility index (Phi) is 3.24. The molecule has 1 heterocycles. The summed E-state index contributed by atoms with van der Waals surface area (Å²) in [6.07, 6.45) is 0. The molecular weight excluding hydrogens is 212 g/mol. The van der Waals surface area contributed by atoms with Gasteiger partial charge in [0.15, 0.2) is 5.82 Å². The van der Waals surface area contributed by atoms with E-state index < -0.39 is 0 Å². The Morgan fingerprint density at radius 3 is 2.41 bits per heavy atom. The molecule has 0 aliphatic rings. The fourth-order valence-corrected chi connectivity index (χ4v) is 1.57. The predicted octanol–water partition coefficient (Wildman–Crippen LogP) is 2.44. The van der Waals surface area contributed by atoms with Crippen molar-refractivity contribution in [3.8, 4) is 11.4 Å². The first-order valence-electron chi connectivity index (χ1n) is 5.83. The van der Waals surface area contributed by atoms with Gasteiger partial charge in [-0.15, -0.1) is 0 Å². The molecule has 0 saturated carbocycles. The maximum atomic E-state index is 6.02. The summed E-state index contributed by atoms with van der Waals surface area (Å²) in [6.45, 7) is 6.19. The van der Waals surface area contributed by atoms with Crippen molar-refractivity contribution in [3.63, 3.8) is 0 Å². The summed E-state index contributed by atoms with van der Waals surface area (Å²) in [4.78, 5) is 4.44. The van der Waals surface area contributed by atoms with Gasteiger partial charge in [0.1, 0.15) is 5.82 Å². The van der Waals surface area contributed by atoms with Gasteiger partial charge in [-0.3, -0.25) is 5.10 Å². The molecule has 90 valence electrons. The van der Waals surface area contributed by atoms with E-state index in [1.54, 1.807) is 0 Å². The van der Waals surface area contributed by atoms with Gasteiger partial charge in [0.2, 0.25) is 0 Å². The summed E-state index contributed by atoms with van der Waals surface area (Å²) in [7, 11) is 0. The van der Waals surface area contributed by atoms with Gasteiger partial charge in [-0.2, -0.15) is 5.10 Å². The quantitative estimate of drug-likeness (QED) is 0.851. The molecule has 0 bridgehead atoms. The van der Waals surface area contributed by atoms with Crippen molar-refractivity contribution in [1.29, 1.82) is 0 Å². The van der Waals surface area contributed by atoms with Crippen LogP contribution in [0.2, 0.25) is 0 Å². The highest BCUT2D eigenvalue weighted by atomic mass is 15.2. The standard InChI is InChI=1S/C13H18N4/c1-8(2)11(14)13-15-12(16-17-13)10-6-4-9(3)5-7-10/h4-8,11H,14H2,1-3H3,(H,15,16,17). The highest BCUT2D eigenvalue weighted by Gasteiger charge is 2.15. The molecule has 1 aromatic carbocycles. The van der Waals surface area contributed by atoms with Gasteiger partial charge in [0, 0.05) is 5.56 Å². The van der Waals surface area contributed by atoms with E-state index >= 15 is 0 Å². The van der Waals surface area contributed by atoms with Gasteiger partial charge in [-0.05, 0) is 12.8 Å². The molecule has 17 heavy (non-hydrogen) atoms. The van der Waals surface area contributed by atoms with Crippen LogP contribution in [0.15, 0.2) is 24.3 Å². The fraction of sp³-hybridized carbons (Fsp3) is 0.385. The van der Waals surface area contributed by atoms with Gasteiger partial charge in [0.05, 0.1) is 6.04 Å². The van der Waals surface area contributed by atoms with Crippen LogP contribution in [-0.2, 0) is 0 Å². The Labute approximate surface area is 101 Å². The monoisotopic (exact) mass is 230 g/mol. The third-order valence-electron chi connectivity index (χ3n) is 2.85. The first-order chi connectivity index (χ1) is 8.08. The van der Waals surface area contributed by atoms with E-state index in [2.05, 4.69) is 36.0 Å². The molecule has 4 nitrogen and oxygen atoms in total.